The molecule has 5 nitrogen and oxygen atoms in total. The lowest BCUT2D eigenvalue weighted by Crippen LogP contribution is -2.45. The first-order chi connectivity index (χ1) is 15.6. The molecule has 4 aromatic rings. The van der Waals surface area contributed by atoms with Gasteiger partial charge in [0.15, 0.2) is 0 Å². The Morgan fingerprint density at radius 1 is 0.875 bits per heavy atom. The fourth-order valence-corrected chi connectivity index (χ4v) is 4.34. The maximum absolute atomic E-state index is 13.3. The molecule has 0 aromatic heterocycles. The summed E-state index contributed by atoms with van der Waals surface area (Å²) in [5.41, 5.74) is 2.69. The third-order valence-corrected chi connectivity index (χ3v) is 5.80. The highest BCUT2D eigenvalue weighted by atomic mass is 16.5. The van der Waals surface area contributed by atoms with Gasteiger partial charge >= 0.3 is 12.0 Å². The Hall–Kier alpha value is -4.12. The van der Waals surface area contributed by atoms with Crippen molar-refractivity contribution in [1.82, 2.24) is 10.6 Å². The molecule has 1 aliphatic rings. The second-order valence-corrected chi connectivity index (χ2v) is 7.86. The summed E-state index contributed by atoms with van der Waals surface area (Å²) in [5, 5.41) is 9.76. The van der Waals surface area contributed by atoms with Gasteiger partial charge in [0.25, 0.3) is 0 Å². The second-order valence-electron chi connectivity index (χ2n) is 7.86. The van der Waals surface area contributed by atoms with Crippen LogP contribution in [0.5, 0.6) is 0 Å². The minimum absolute atomic E-state index is 0.160. The molecular formula is C27H22N2O3. The van der Waals surface area contributed by atoms with E-state index < -0.39 is 12.0 Å². The number of carbonyl (C=O) groups is 2. The molecule has 0 aliphatic carbocycles. The number of rotatable bonds is 4. The van der Waals surface area contributed by atoms with E-state index in [9.17, 15) is 9.59 Å². The van der Waals surface area contributed by atoms with Crippen molar-refractivity contribution in [2.45, 2.75) is 19.6 Å². The monoisotopic (exact) mass is 422 g/mol. The molecule has 5 rings (SSSR count). The summed E-state index contributed by atoms with van der Waals surface area (Å²) in [4.78, 5) is 25.7. The van der Waals surface area contributed by atoms with Crippen LogP contribution in [0.1, 0.15) is 24.1 Å². The van der Waals surface area contributed by atoms with Crippen LogP contribution < -0.4 is 10.6 Å². The summed E-state index contributed by atoms with van der Waals surface area (Å²) in [6.45, 7) is 1.89. The fraction of sp³-hybridized carbons (Fsp3) is 0.111. The first-order valence-corrected chi connectivity index (χ1v) is 10.5. The number of nitrogens with one attached hydrogen (secondary N) is 2. The number of carbonyl (C=O) groups excluding carboxylic acids is 2. The maximum atomic E-state index is 13.3. The van der Waals surface area contributed by atoms with E-state index in [2.05, 4.69) is 16.7 Å². The average molecular weight is 422 g/mol. The molecule has 32 heavy (non-hydrogen) atoms. The van der Waals surface area contributed by atoms with Crippen LogP contribution in [-0.4, -0.2) is 12.0 Å². The molecule has 1 heterocycles. The number of hydrogen-bond acceptors (Lipinski definition) is 3. The first-order valence-electron chi connectivity index (χ1n) is 10.5. The van der Waals surface area contributed by atoms with Crippen LogP contribution in [0.25, 0.3) is 21.5 Å². The van der Waals surface area contributed by atoms with Gasteiger partial charge in [0, 0.05) is 5.70 Å². The van der Waals surface area contributed by atoms with E-state index in [1.54, 1.807) is 6.92 Å². The quantitative estimate of drug-likeness (QED) is 0.343. The van der Waals surface area contributed by atoms with Crippen molar-refractivity contribution in [3.05, 3.63) is 107 Å². The smallest absolute Gasteiger partial charge is 0.338 e. The lowest BCUT2D eigenvalue weighted by molar-refractivity contribution is -0.140. The lowest BCUT2D eigenvalue weighted by Gasteiger charge is -2.30. The highest BCUT2D eigenvalue weighted by Gasteiger charge is 2.34. The van der Waals surface area contributed by atoms with Gasteiger partial charge in [-0.15, -0.1) is 0 Å². The van der Waals surface area contributed by atoms with E-state index in [0.29, 0.717) is 11.3 Å². The van der Waals surface area contributed by atoms with Crippen molar-refractivity contribution in [1.29, 1.82) is 0 Å². The average Bonchev–Trinajstić information content (AvgIpc) is 2.81. The van der Waals surface area contributed by atoms with Gasteiger partial charge in [0.2, 0.25) is 0 Å². The largest absolute Gasteiger partial charge is 0.457 e. The zero-order valence-electron chi connectivity index (χ0n) is 17.6. The molecular weight excluding hydrogens is 400 g/mol. The van der Waals surface area contributed by atoms with Crippen LogP contribution >= 0.6 is 0 Å². The van der Waals surface area contributed by atoms with Crippen molar-refractivity contribution < 1.29 is 14.3 Å². The number of hydrogen-bond donors (Lipinski definition) is 2. The number of benzene rings is 4. The van der Waals surface area contributed by atoms with Crippen LogP contribution in [0, 0.1) is 0 Å². The predicted molar refractivity (Wildman–Crippen MR) is 125 cm³/mol. The summed E-state index contributed by atoms with van der Waals surface area (Å²) < 4.78 is 5.66. The summed E-state index contributed by atoms with van der Waals surface area (Å²) >= 11 is 0. The number of urea groups is 1. The van der Waals surface area contributed by atoms with Gasteiger partial charge in [-0.3, -0.25) is 0 Å². The van der Waals surface area contributed by atoms with Crippen LogP contribution in [0.2, 0.25) is 0 Å². The molecule has 1 atom stereocenters. The number of allylic oxidation sites excluding steroid dienone is 1. The Bertz CT molecular complexity index is 1320. The minimum atomic E-state index is -0.636. The SMILES string of the molecule is CC1=C(C(=O)OCc2ccccc2)C(c2c3ccccc3cc3ccccc23)NC(=O)N1. The lowest BCUT2D eigenvalue weighted by atomic mass is 9.87. The van der Waals surface area contributed by atoms with Gasteiger partial charge in [-0.1, -0.05) is 78.9 Å². The summed E-state index contributed by atoms with van der Waals surface area (Å²) in [6, 6.07) is 26.7. The normalized spacial score (nSPS) is 16.0. The number of esters is 1. The first kappa shape index (κ1) is 19.8. The van der Waals surface area contributed by atoms with Gasteiger partial charge < -0.3 is 15.4 Å². The Morgan fingerprint density at radius 3 is 2.12 bits per heavy atom. The Morgan fingerprint density at radius 2 is 1.47 bits per heavy atom. The number of ether oxygens (including phenoxy) is 1. The number of amides is 2. The zero-order valence-corrected chi connectivity index (χ0v) is 17.6. The minimum Gasteiger partial charge on any atom is -0.457 e. The molecule has 0 radical (unpaired) electrons. The molecule has 5 heteroatoms. The van der Waals surface area contributed by atoms with E-state index in [-0.39, 0.29) is 12.6 Å². The Kier molecular flexibility index (Phi) is 5.07. The standard InChI is InChI=1S/C27H22N2O3/c1-17-23(26(30)32-16-18-9-3-2-4-10-18)25(29-27(31)28-17)24-21-13-7-5-11-19(21)15-20-12-6-8-14-22(20)24/h2-15,25H,16H2,1H3,(H2,28,29,31). The van der Waals surface area contributed by atoms with Crippen molar-refractivity contribution >= 4 is 33.5 Å². The van der Waals surface area contributed by atoms with E-state index in [1.165, 1.54) is 0 Å². The predicted octanol–water partition coefficient (Wildman–Crippen LogP) is 5.36. The van der Waals surface area contributed by atoms with E-state index in [1.807, 2.05) is 78.9 Å². The highest BCUT2D eigenvalue weighted by Crippen LogP contribution is 2.38. The molecule has 0 bridgehead atoms. The molecule has 4 aromatic carbocycles. The van der Waals surface area contributed by atoms with E-state index in [0.717, 1.165) is 32.7 Å². The Balaban J connectivity index is 1.63. The van der Waals surface area contributed by atoms with Crippen LogP contribution in [0.15, 0.2) is 96.2 Å². The molecule has 1 aliphatic heterocycles. The van der Waals surface area contributed by atoms with Crippen molar-refractivity contribution in [2.75, 3.05) is 0 Å². The van der Waals surface area contributed by atoms with Crippen LogP contribution in [0.4, 0.5) is 4.79 Å². The zero-order chi connectivity index (χ0) is 22.1. The summed E-state index contributed by atoms with van der Waals surface area (Å²) in [6.07, 6.45) is 0. The van der Waals surface area contributed by atoms with Gasteiger partial charge in [-0.2, -0.15) is 0 Å². The van der Waals surface area contributed by atoms with E-state index in [4.69, 9.17) is 4.74 Å². The molecule has 0 saturated heterocycles. The molecule has 0 saturated carbocycles. The van der Waals surface area contributed by atoms with Crippen molar-refractivity contribution in [3.8, 4) is 0 Å². The third-order valence-electron chi connectivity index (χ3n) is 5.80. The summed E-state index contributed by atoms with van der Waals surface area (Å²) in [7, 11) is 0. The highest BCUT2D eigenvalue weighted by molar-refractivity contribution is 6.05. The van der Waals surface area contributed by atoms with Crippen molar-refractivity contribution in [2.24, 2.45) is 0 Å². The number of fused-ring (bicyclic) bond motifs is 2. The molecule has 0 fully saturated rings. The topological polar surface area (TPSA) is 67.4 Å². The fourth-order valence-electron chi connectivity index (χ4n) is 4.34. The molecule has 2 N–H and O–H groups in total. The summed E-state index contributed by atoms with van der Waals surface area (Å²) in [5.74, 6) is -0.458. The second kappa shape index (κ2) is 8.19. The van der Waals surface area contributed by atoms with E-state index >= 15 is 0 Å². The molecule has 1 unspecified atom stereocenters. The molecule has 158 valence electrons. The van der Waals surface area contributed by atoms with Gasteiger partial charge in [0.1, 0.15) is 6.61 Å². The van der Waals surface area contributed by atoms with Crippen LogP contribution in [0.3, 0.4) is 0 Å². The maximum Gasteiger partial charge on any atom is 0.338 e. The van der Waals surface area contributed by atoms with Crippen molar-refractivity contribution in [3.63, 3.8) is 0 Å². The van der Waals surface area contributed by atoms with Crippen LogP contribution in [-0.2, 0) is 16.1 Å². The molecule has 2 amide bonds. The van der Waals surface area contributed by atoms with Gasteiger partial charge in [-0.05, 0) is 45.7 Å². The third kappa shape index (κ3) is 3.58. The Labute approximate surface area is 185 Å². The van der Waals surface area contributed by atoms with Gasteiger partial charge in [0.05, 0.1) is 11.6 Å². The molecule has 0 spiro atoms. The van der Waals surface area contributed by atoms with Gasteiger partial charge in [-0.25, -0.2) is 9.59 Å².